The van der Waals surface area contributed by atoms with Gasteiger partial charge in [-0.3, -0.25) is 9.59 Å². The fourth-order valence-corrected chi connectivity index (χ4v) is 9.55. The number of amidine groups is 2. The minimum Gasteiger partial charge on any atom is -0.506 e. The largest absolute Gasteiger partial charge is 0.506 e. The number of benzene rings is 7. The number of amides is 1. The highest BCUT2D eigenvalue weighted by Gasteiger charge is 2.18. The van der Waals surface area contributed by atoms with Gasteiger partial charge in [-0.2, -0.15) is 15.8 Å². The van der Waals surface area contributed by atoms with E-state index < -0.39 is 23.4 Å². The molecule has 1 aromatic heterocycles. The lowest BCUT2D eigenvalue weighted by Crippen LogP contribution is -2.13. The summed E-state index contributed by atoms with van der Waals surface area (Å²) in [6.45, 7) is 23.3. The van der Waals surface area contributed by atoms with E-state index in [-0.39, 0.29) is 120 Å². The van der Waals surface area contributed by atoms with Gasteiger partial charge in [0.2, 0.25) is 17.4 Å². The van der Waals surface area contributed by atoms with Gasteiger partial charge in [0.05, 0.1) is 92.9 Å². The number of carbonyl (C=O) groups is 3. The molecule has 0 aliphatic heterocycles. The number of phenolic OH excluding ortho intramolecular Hbond substituents is 5. The highest BCUT2D eigenvalue weighted by molar-refractivity contribution is 7.20. The molecule has 6 N–H and O–H groups in total. The van der Waals surface area contributed by atoms with Crippen molar-refractivity contribution in [2.45, 2.75) is 13.8 Å². The Hall–Kier alpha value is -11.6. The summed E-state index contributed by atoms with van der Waals surface area (Å²) in [5.74, 6) is -3.39. The molecule has 8 aromatic rings. The van der Waals surface area contributed by atoms with E-state index in [4.69, 9.17) is 134 Å². The van der Waals surface area contributed by atoms with E-state index >= 15 is 0 Å². The molecule has 482 valence electrons. The third-order valence-corrected chi connectivity index (χ3v) is 14.4. The molecule has 0 bridgehead atoms. The van der Waals surface area contributed by atoms with Crippen molar-refractivity contribution in [1.29, 1.82) is 26.3 Å². The molecule has 1 heterocycles. The number of thiazole rings is 1. The van der Waals surface area contributed by atoms with Crippen LogP contribution in [-0.4, -0.2) is 84.1 Å². The molecule has 0 saturated carbocycles. The van der Waals surface area contributed by atoms with Gasteiger partial charge in [0.25, 0.3) is 11.5 Å². The van der Waals surface area contributed by atoms with Crippen LogP contribution < -0.4 is 5.32 Å². The zero-order valence-electron chi connectivity index (χ0n) is 49.1. The first kappa shape index (κ1) is 77.8. The molecule has 0 aliphatic rings. The molecular formula is C64H35Cl8N15O9S. The van der Waals surface area contributed by atoms with Crippen molar-refractivity contribution in [2.24, 2.45) is 25.0 Å². The van der Waals surface area contributed by atoms with E-state index in [0.717, 1.165) is 23.4 Å². The number of fused-ring (bicyclic) bond motifs is 1. The quantitative estimate of drug-likeness (QED) is 0.0133. The van der Waals surface area contributed by atoms with Gasteiger partial charge in [-0.15, -0.1) is 21.3 Å². The Balaban J connectivity index is 0.000000260. The zero-order chi connectivity index (χ0) is 72.2. The number of hydrogen-bond acceptors (Lipinski definition) is 21. The number of nitriles is 5. The number of allylic oxidation sites excluding steroid dienone is 1. The number of ketones is 1. The Labute approximate surface area is 594 Å². The summed E-state index contributed by atoms with van der Waals surface area (Å²) < 4.78 is 5.33. The van der Waals surface area contributed by atoms with Gasteiger partial charge in [-0.1, -0.05) is 148 Å². The average Bonchev–Trinajstić information content (AvgIpc) is 1.78. The first-order chi connectivity index (χ1) is 46.1. The van der Waals surface area contributed by atoms with Gasteiger partial charge in [-0.05, 0) is 67.1 Å². The second kappa shape index (κ2) is 37.9. The summed E-state index contributed by atoms with van der Waals surface area (Å²) in [5, 5.41) is 94.8. The molecule has 7 aromatic carbocycles. The lowest BCUT2D eigenvalue weighted by molar-refractivity contribution is -0.132. The third kappa shape index (κ3) is 23.1. The van der Waals surface area contributed by atoms with Gasteiger partial charge < -0.3 is 45.3 Å². The Morgan fingerprint density at radius 3 is 1.43 bits per heavy atom. The Morgan fingerprint density at radius 2 is 1.00 bits per heavy atom. The number of hydrogen-bond donors (Lipinski definition) is 6. The van der Waals surface area contributed by atoms with Crippen LogP contribution >= 0.6 is 104 Å². The number of carbonyl (C=O) groups excluding carboxylic acids is 3. The van der Waals surface area contributed by atoms with Gasteiger partial charge >= 0.3 is 11.8 Å². The zero-order valence-corrected chi connectivity index (χ0v) is 56.0. The van der Waals surface area contributed by atoms with Gasteiger partial charge in [0.1, 0.15) is 30.0 Å². The molecule has 8 rings (SSSR count). The number of aliphatic imine (C=N–C) groups is 5. The third-order valence-electron chi connectivity index (χ3n) is 11.1. The average molecular weight is 1470 g/mol. The van der Waals surface area contributed by atoms with Crippen molar-refractivity contribution in [3.8, 4) is 59.1 Å². The molecule has 0 atom stereocenters. The summed E-state index contributed by atoms with van der Waals surface area (Å²) >= 11 is 47.3. The van der Waals surface area contributed by atoms with Crippen molar-refractivity contribution in [3.05, 3.63) is 218 Å². The maximum absolute atomic E-state index is 12.2. The maximum Gasteiger partial charge on any atom is 0.367 e. The highest BCUT2D eigenvalue weighted by Crippen LogP contribution is 2.40. The molecule has 24 nitrogen and oxygen atoms in total. The van der Waals surface area contributed by atoms with Crippen molar-refractivity contribution < 1.29 is 44.7 Å². The van der Waals surface area contributed by atoms with E-state index in [1.54, 1.807) is 67.6 Å². The molecule has 33 heteroatoms. The van der Waals surface area contributed by atoms with Crippen LogP contribution in [0.1, 0.15) is 27.9 Å². The lowest BCUT2D eigenvalue weighted by Gasteiger charge is -2.06. The van der Waals surface area contributed by atoms with Gasteiger partial charge in [0.15, 0.2) is 50.8 Å². The van der Waals surface area contributed by atoms with Gasteiger partial charge in [0, 0.05) is 36.8 Å². The van der Waals surface area contributed by atoms with E-state index in [2.05, 4.69) is 54.5 Å². The number of esters is 1. The summed E-state index contributed by atoms with van der Waals surface area (Å²) in [6, 6.07) is 38.2. The molecule has 97 heavy (non-hydrogen) atoms. The number of anilines is 1. The second-order valence-corrected chi connectivity index (χ2v) is 22.0. The molecule has 0 unspecified atom stereocenters. The van der Waals surface area contributed by atoms with Crippen LogP contribution in [0.4, 0.5) is 34.1 Å². The molecule has 0 aliphatic carbocycles. The number of rotatable bonds is 11. The molecule has 0 saturated heterocycles. The van der Waals surface area contributed by atoms with Crippen molar-refractivity contribution >= 4 is 195 Å². The summed E-state index contributed by atoms with van der Waals surface area (Å²) in [4.78, 5) is 67.2. The lowest BCUT2D eigenvalue weighted by atomic mass is 10.1. The number of aromatic nitrogens is 1. The van der Waals surface area contributed by atoms with Crippen LogP contribution in [0.15, 0.2) is 152 Å². The fraction of sp³-hybridized carbons (Fsp3) is 0.0469. The molecule has 0 fully saturated rings. The summed E-state index contributed by atoms with van der Waals surface area (Å²) in [5.41, 5.74) is 2.27. The van der Waals surface area contributed by atoms with Crippen LogP contribution in [0.3, 0.4) is 0 Å². The van der Waals surface area contributed by atoms with E-state index in [0.29, 0.717) is 27.5 Å². The number of ether oxygens (including phenoxy) is 1. The molecular weight excluding hydrogens is 1440 g/mol. The number of nitrogens with zero attached hydrogens (tertiary/aromatic N) is 14. The number of aryl methyl sites for hydroxylation is 1. The van der Waals surface area contributed by atoms with Crippen LogP contribution in [0.2, 0.25) is 40.2 Å². The van der Waals surface area contributed by atoms with Gasteiger partial charge in [-0.25, -0.2) is 40.1 Å². The van der Waals surface area contributed by atoms with Crippen molar-refractivity contribution in [3.63, 3.8) is 0 Å². The van der Waals surface area contributed by atoms with Crippen LogP contribution in [0, 0.1) is 83.3 Å². The fourth-order valence-electron chi connectivity index (χ4n) is 6.75. The monoisotopic (exact) mass is 1470 g/mol. The Bertz CT molecular complexity index is 4830. The standard InChI is InChI=1S/C16H11ClN2O2.C15H7Cl2N3OS.C14H8ClN5O2.C10H6Cl2N2O3.C9H3Cl2N3O/c1-10-7-12(8-13(17)15(10)20)19-14(9-18)16(21)11-5-3-2-4-6-11;16-9-5-8(6-10(17)14(9)21)19-12(7-18)15-20-11-3-1-2-4-13(11)22-15;1-8(21)19-12-5-9(4-11(15)14(12)22)20-13(18-3)6-10(7-16)17-2;1-17-10(16)8(4-13)14-5-2-6(11)9(15)7(12)3-5;1-13-8(4-12)14-5-2-6(10)9(15)7(11)3-5/h2-8,20H,1H3;1-6,21H;4-6,22H,1H3,(H,19,21);2-3,15H,1H3;2-3,15H/b;;10-6-,20-13?;;. The normalized spacial score (nSPS) is 11.0. The SMILES string of the molecule is COC(=O)C(C#N)=Nc1cc(Cl)c(O)c(Cl)c1.Cc1cc(N=C(C#N)C(=O)c2ccccc2)cc(Cl)c1O.N#CC(=Nc1cc(Cl)c(O)c(Cl)c1)c1nc2ccccc2s1.[C-]#[N+]C(/C=C(/C#N)[N+]#[C-])=Nc1cc(Cl)c(O)c(NC(C)=O)c1.[C-]#[N+]C(C#N)=Nc1cc(Cl)c(O)c(Cl)c1. The van der Waals surface area contributed by atoms with E-state index in [1.165, 1.54) is 72.9 Å². The number of aromatic hydroxyl groups is 5. The highest BCUT2D eigenvalue weighted by atomic mass is 35.5. The predicted octanol–water partition coefficient (Wildman–Crippen LogP) is 17.7. The Morgan fingerprint density at radius 1 is 0.546 bits per heavy atom. The number of nitrogens with one attached hydrogen (secondary N) is 1. The van der Waals surface area contributed by atoms with E-state index in [9.17, 15) is 45.2 Å². The molecule has 0 spiro atoms. The minimum absolute atomic E-state index is 0.0171. The molecule has 0 radical (unpaired) electrons. The van der Waals surface area contributed by atoms with E-state index in [1.807, 2.05) is 30.3 Å². The van der Waals surface area contributed by atoms with Crippen molar-refractivity contribution in [1.82, 2.24) is 4.98 Å². The number of halogens is 8. The minimum atomic E-state index is -0.868. The second-order valence-electron chi connectivity index (χ2n) is 17.8. The maximum atomic E-state index is 12.2. The van der Waals surface area contributed by atoms with Crippen LogP contribution in [0.25, 0.3) is 24.8 Å². The predicted molar refractivity (Wildman–Crippen MR) is 373 cm³/mol. The smallest absolute Gasteiger partial charge is 0.367 e. The van der Waals surface area contributed by atoms with Crippen LogP contribution in [0.5, 0.6) is 28.7 Å². The number of para-hydroxylation sites is 1. The van der Waals surface area contributed by atoms with Crippen LogP contribution in [-0.2, 0) is 14.3 Å². The topological polar surface area (TPSA) is 380 Å². The molecule has 1 amide bonds. The Kier molecular flexibility index (Phi) is 30.4. The first-order valence-corrected chi connectivity index (χ1v) is 29.6. The summed E-state index contributed by atoms with van der Waals surface area (Å²) in [7, 11) is 1.13. The number of phenols is 5. The number of Topliss-reactive ketones (excluding diaryl/α,β-unsaturated/α-hetero) is 1. The number of methoxy groups -OCH3 is 1. The summed E-state index contributed by atoms with van der Waals surface area (Å²) in [6.07, 6.45) is 1.03. The first-order valence-electron chi connectivity index (χ1n) is 25.7. The van der Waals surface area contributed by atoms with Crippen molar-refractivity contribution in [2.75, 3.05) is 12.4 Å².